The Bertz CT molecular complexity index is 990. The van der Waals surface area contributed by atoms with E-state index in [9.17, 15) is 13.9 Å². The molecule has 140 valence electrons. The quantitative estimate of drug-likeness (QED) is 0.252. The second-order valence-corrected chi connectivity index (χ2v) is 6.28. The Morgan fingerprint density at radius 3 is 2.48 bits per heavy atom. The molecule has 3 rings (SSSR count). The summed E-state index contributed by atoms with van der Waals surface area (Å²) in [6.45, 7) is 1.78. The number of aromatic nitrogens is 1. The molecule has 0 atom stereocenters. The average Bonchev–Trinajstić information content (AvgIpc) is 2.96. The third-order valence-electron chi connectivity index (χ3n) is 3.55. The number of rotatable bonds is 5. The van der Waals surface area contributed by atoms with Crippen LogP contribution in [0.2, 0.25) is 0 Å². The van der Waals surface area contributed by atoms with Gasteiger partial charge in [-0.05, 0) is 42.2 Å². The standard InChI is InChI=1S/C17H14F2N4O3S/c1-8-4-11(26-12-6-9(18)5-10(19)7-12)2-3-13(8)21-17-14(15(20)22-25)16(24)23-27-17/h2-7,21,25H,1H3,(H2,20,22)(H,23,24). The van der Waals surface area contributed by atoms with Crippen molar-refractivity contribution in [3.8, 4) is 17.4 Å². The first kappa shape index (κ1) is 18.5. The summed E-state index contributed by atoms with van der Waals surface area (Å²) in [5.74, 6) is -1.87. The predicted molar refractivity (Wildman–Crippen MR) is 96.4 cm³/mol. The number of ether oxygens (including phenoxy) is 1. The number of nitrogens with one attached hydrogen (secondary N) is 3. The number of hydrogen-bond donors (Lipinski definition) is 5. The van der Waals surface area contributed by atoms with Gasteiger partial charge in [0.25, 0.3) is 0 Å². The fourth-order valence-electron chi connectivity index (χ4n) is 2.33. The number of hydrogen-bond acceptors (Lipinski definition) is 7. The van der Waals surface area contributed by atoms with Crippen molar-refractivity contribution in [3.63, 3.8) is 0 Å². The molecule has 0 amide bonds. The smallest absolute Gasteiger partial charge is 0.236 e. The van der Waals surface area contributed by atoms with Crippen molar-refractivity contribution >= 4 is 28.1 Å². The van der Waals surface area contributed by atoms with Gasteiger partial charge in [-0.1, -0.05) is 0 Å². The van der Waals surface area contributed by atoms with Crippen molar-refractivity contribution in [2.75, 3.05) is 5.32 Å². The van der Waals surface area contributed by atoms with Gasteiger partial charge in [0.1, 0.15) is 33.7 Å². The molecule has 0 unspecified atom stereocenters. The Kier molecular flexibility index (Phi) is 5.19. The normalized spacial score (nSPS) is 10.5. The van der Waals surface area contributed by atoms with Gasteiger partial charge in [-0.15, -0.1) is 0 Å². The van der Waals surface area contributed by atoms with Crippen LogP contribution < -0.4 is 15.5 Å². The Labute approximate surface area is 156 Å². The molecule has 1 heterocycles. The molecular formula is C17H14F2N4O3S. The molecule has 0 aliphatic rings. The number of amidine groups is 1. The molecule has 2 aromatic carbocycles. The van der Waals surface area contributed by atoms with Gasteiger partial charge in [-0.25, -0.2) is 8.78 Å². The molecule has 0 aliphatic carbocycles. The largest absolute Gasteiger partial charge is 0.492 e. The lowest BCUT2D eigenvalue weighted by Gasteiger charge is -2.12. The van der Waals surface area contributed by atoms with E-state index in [1.807, 2.05) is 0 Å². The number of aromatic hydroxyl groups is 1. The van der Waals surface area contributed by atoms with E-state index in [1.54, 1.807) is 30.6 Å². The summed E-state index contributed by atoms with van der Waals surface area (Å²) in [5, 5.41) is 29.6. The molecule has 1 aromatic heterocycles. The predicted octanol–water partition coefficient (Wildman–Crippen LogP) is 4.28. The molecule has 0 fully saturated rings. The molecule has 27 heavy (non-hydrogen) atoms. The molecule has 3 aromatic rings. The Morgan fingerprint density at radius 1 is 1.15 bits per heavy atom. The Morgan fingerprint density at radius 2 is 1.85 bits per heavy atom. The second kappa shape index (κ2) is 7.56. The van der Waals surface area contributed by atoms with E-state index >= 15 is 0 Å². The molecule has 0 saturated heterocycles. The number of nitrogens with zero attached hydrogens (tertiary/aromatic N) is 1. The van der Waals surface area contributed by atoms with Crippen LogP contribution in [-0.4, -0.2) is 20.5 Å². The van der Waals surface area contributed by atoms with Crippen LogP contribution in [0.1, 0.15) is 11.1 Å². The minimum Gasteiger partial charge on any atom is -0.492 e. The van der Waals surface area contributed by atoms with Crippen LogP contribution in [-0.2, 0) is 0 Å². The molecule has 0 aliphatic heterocycles. The van der Waals surface area contributed by atoms with Gasteiger partial charge in [0.15, 0.2) is 5.84 Å². The zero-order valence-electron chi connectivity index (χ0n) is 13.9. The molecule has 5 N–H and O–H groups in total. The van der Waals surface area contributed by atoms with Crippen molar-refractivity contribution in [1.82, 2.24) is 9.85 Å². The van der Waals surface area contributed by atoms with E-state index in [4.69, 9.17) is 15.4 Å². The van der Waals surface area contributed by atoms with E-state index < -0.39 is 17.5 Å². The monoisotopic (exact) mass is 392 g/mol. The summed E-state index contributed by atoms with van der Waals surface area (Å²) in [4.78, 5) is 0. The summed E-state index contributed by atoms with van der Waals surface area (Å²) >= 11 is 0.916. The van der Waals surface area contributed by atoms with Crippen LogP contribution in [0.4, 0.5) is 19.5 Å². The van der Waals surface area contributed by atoms with Crippen LogP contribution in [0, 0.1) is 24.0 Å². The maximum atomic E-state index is 13.3. The topological polar surface area (TPSA) is 110 Å². The van der Waals surface area contributed by atoms with Crippen molar-refractivity contribution < 1.29 is 23.8 Å². The van der Waals surface area contributed by atoms with E-state index in [0.717, 1.165) is 35.3 Å². The van der Waals surface area contributed by atoms with Gasteiger partial charge in [-0.2, -0.15) is 4.37 Å². The zero-order valence-corrected chi connectivity index (χ0v) is 14.7. The van der Waals surface area contributed by atoms with Crippen LogP contribution in [0.3, 0.4) is 0 Å². The number of hydroxylamine groups is 1. The first-order valence-corrected chi connectivity index (χ1v) is 8.34. The number of anilines is 2. The highest BCUT2D eigenvalue weighted by Crippen LogP contribution is 2.34. The summed E-state index contributed by atoms with van der Waals surface area (Å²) in [6.07, 6.45) is 0. The Balaban J connectivity index is 1.82. The van der Waals surface area contributed by atoms with Crippen LogP contribution in [0.25, 0.3) is 0 Å². The second-order valence-electron chi connectivity index (χ2n) is 5.51. The van der Waals surface area contributed by atoms with Crippen molar-refractivity contribution in [3.05, 3.63) is 59.2 Å². The van der Waals surface area contributed by atoms with Gasteiger partial charge in [0.05, 0.1) is 0 Å². The highest BCUT2D eigenvalue weighted by atomic mass is 32.1. The fourth-order valence-corrected chi connectivity index (χ4v) is 3.04. The van der Waals surface area contributed by atoms with Crippen molar-refractivity contribution in [2.24, 2.45) is 0 Å². The van der Waals surface area contributed by atoms with E-state index in [2.05, 4.69) is 9.69 Å². The van der Waals surface area contributed by atoms with Crippen LogP contribution in [0.5, 0.6) is 17.4 Å². The van der Waals surface area contributed by atoms with Crippen LogP contribution >= 0.6 is 11.5 Å². The number of halogens is 2. The summed E-state index contributed by atoms with van der Waals surface area (Å²) in [7, 11) is 0. The summed E-state index contributed by atoms with van der Waals surface area (Å²) in [6, 6.07) is 7.81. The highest BCUT2D eigenvalue weighted by molar-refractivity contribution is 7.11. The van der Waals surface area contributed by atoms with E-state index in [-0.39, 0.29) is 17.2 Å². The highest BCUT2D eigenvalue weighted by Gasteiger charge is 2.18. The number of benzene rings is 2. The molecule has 0 saturated carbocycles. The zero-order chi connectivity index (χ0) is 19.6. The minimum atomic E-state index is -0.738. The maximum absolute atomic E-state index is 13.3. The first-order valence-electron chi connectivity index (χ1n) is 7.56. The fraction of sp³-hybridized carbons (Fsp3) is 0.0588. The van der Waals surface area contributed by atoms with E-state index in [0.29, 0.717) is 16.4 Å². The van der Waals surface area contributed by atoms with Crippen molar-refractivity contribution in [2.45, 2.75) is 6.92 Å². The van der Waals surface area contributed by atoms with Gasteiger partial charge in [0.2, 0.25) is 5.88 Å². The summed E-state index contributed by atoms with van der Waals surface area (Å²) < 4.78 is 35.7. The molecular weight excluding hydrogens is 378 g/mol. The third-order valence-corrected chi connectivity index (χ3v) is 4.31. The maximum Gasteiger partial charge on any atom is 0.236 e. The molecule has 0 spiro atoms. The lowest BCUT2D eigenvalue weighted by atomic mass is 10.2. The van der Waals surface area contributed by atoms with E-state index in [1.165, 1.54) is 0 Å². The lowest BCUT2D eigenvalue weighted by Crippen LogP contribution is -2.19. The summed E-state index contributed by atoms with van der Waals surface area (Å²) in [5.41, 5.74) is 3.05. The Hall–Kier alpha value is -3.24. The average molecular weight is 392 g/mol. The number of aryl methyl sites for hydroxylation is 1. The van der Waals surface area contributed by atoms with Gasteiger partial charge in [-0.3, -0.25) is 16.1 Å². The lowest BCUT2D eigenvalue weighted by molar-refractivity contribution is 0.234. The third kappa shape index (κ3) is 4.13. The molecule has 7 nitrogen and oxygen atoms in total. The van der Waals surface area contributed by atoms with Crippen molar-refractivity contribution in [1.29, 1.82) is 5.41 Å². The SMILES string of the molecule is Cc1cc(Oc2cc(F)cc(F)c2)ccc1Nc1snc(O)c1C(=N)NO. The molecule has 10 heteroatoms. The molecule has 0 bridgehead atoms. The van der Waals surface area contributed by atoms with Gasteiger partial charge in [0, 0.05) is 23.9 Å². The van der Waals surface area contributed by atoms with Gasteiger partial charge >= 0.3 is 0 Å². The van der Waals surface area contributed by atoms with Crippen LogP contribution in [0.15, 0.2) is 36.4 Å². The minimum absolute atomic E-state index is 0.0254. The first-order chi connectivity index (χ1) is 12.9. The van der Waals surface area contributed by atoms with Gasteiger partial charge < -0.3 is 15.2 Å². The molecule has 0 radical (unpaired) electrons.